The minimum atomic E-state index is -0.291. The summed E-state index contributed by atoms with van der Waals surface area (Å²) in [5.41, 5.74) is 1.84. The molecule has 0 aliphatic heterocycles. The average Bonchev–Trinajstić information content (AvgIpc) is 3.16. The lowest BCUT2D eigenvalue weighted by atomic mass is 10.2. The summed E-state index contributed by atoms with van der Waals surface area (Å²) in [6.45, 7) is 2.05. The highest BCUT2D eigenvalue weighted by Crippen LogP contribution is 2.17. The molecule has 0 radical (unpaired) electrons. The first kappa shape index (κ1) is 18.3. The molecule has 0 saturated heterocycles. The van der Waals surface area contributed by atoms with Gasteiger partial charge in [0.25, 0.3) is 5.91 Å². The topological polar surface area (TPSA) is 97.1 Å². The van der Waals surface area contributed by atoms with E-state index in [1.54, 1.807) is 24.3 Å². The first-order valence-corrected chi connectivity index (χ1v) is 8.71. The zero-order chi connectivity index (χ0) is 19.1. The number of hydrogen-bond donors (Lipinski definition) is 2. The number of carbonyl (C=O) groups is 2. The summed E-state index contributed by atoms with van der Waals surface area (Å²) in [6.07, 6.45) is 1.21. The van der Waals surface area contributed by atoms with Crippen LogP contribution < -0.4 is 10.6 Å². The first-order chi connectivity index (χ1) is 13.2. The van der Waals surface area contributed by atoms with Crippen molar-refractivity contribution in [3.8, 4) is 11.5 Å². The lowest BCUT2D eigenvalue weighted by Gasteiger charge is -2.07. The summed E-state index contributed by atoms with van der Waals surface area (Å²) in [5, 5.41) is 13.4. The van der Waals surface area contributed by atoms with Gasteiger partial charge in [0.05, 0.1) is 6.54 Å². The monoisotopic (exact) mass is 364 g/mol. The van der Waals surface area contributed by atoms with E-state index in [0.29, 0.717) is 29.5 Å². The van der Waals surface area contributed by atoms with Crippen LogP contribution in [0.4, 0.5) is 5.69 Å². The van der Waals surface area contributed by atoms with E-state index in [9.17, 15) is 9.59 Å². The van der Waals surface area contributed by atoms with E-state index >= 15 is 0 Å². The Morgan fingerprint density at radius 3 is 2.63 bits per heavy atom. The first-order valence-electron chi connectivity index (χ1n) is 8.71. The molecule has 138 valence electrons. The van der Waals surface area contributed by atoms with Crippen molar-refractivity contribution < 1.29 is 14.0 Å². The van der Waals surface area contributed by atoms with E-state index in [4.69, 9.17) is 4.42 Å². The van der Waals surface area contributed by atoms with Gasteiger partial charge in [0, 0.05) is 23.2 Å². The second kappa shape index (κ2) is 8.75. The molecular formula is C20H20N4O3. The highest BCUT2D eigenvalue weighted by Gasteiger charge is 2.11. The van der Waals surface area contributed by atoms with Gasteiger partial charge in [0.1, 0.15) is 0 Å². The molecule has 0 atom stereocenters. The molecule has 0 unspecified atom stereocenters. The molecule has 7 heteroatoms. The van der Waals surface area contributed by atoms with Gasteiger partial charge < -0.3 is 15.1 Å². The Hall–Kier alpha value is -3.48. The third kappa shape index (κ3) is 5.01. The quantitative estimate of drug-likeness (QED) is 0.670. The van der Waals surface area contributed by atoms with Crippen molar-refractivity contribution in [3.05, 3.63) is 66.1 Å². The maximum Gasteiger partial charge on any atom is 0.251 e. The van der Waals surface area contributed by atoms with Crippen LogP contribution in [-0.4, -0.2) is 22.0 Å². The zero-order valence-corrected chi connectivity index (χ0v) is 14.9. The van der Waals surface area contributed by atoms with Crippen LogP contribution in [0.1, 0.15) is 36.0 Å². The minimum absolute atomic E-state index is 0.0747. The highest BCUT2D eigenvalue weighted by atomic mass is 16.4. The molecule has 3 aromatic rings. The van der Waals surface area contributed by atoms with Gasteiger partial charge in [0.15, 0.2) is 0 Å². The van der Waals surface area contributed by atoms with Gasteiger partial charge in [-0.05, 0) is 36.8 Å². The molecule has 0 aliphatic rings. The molecule has 2 N–H and O–H groups in total. The van der Waals surface area contributed by atoms with Gasteiger partial charge in [-0.2, -0.15) is 0 Å². The Labute approximate surface area is 156 Å². The number of rotatable bonds is 7. The van der Waals surface area contributed by atoms with Gasteiger partial charge in [0.2, 0.25) is 17.7 Å². The van der Waals surface area contributed by atoms with Gasteiger partial charge >= 0.3 is 0 Å². The summed E-state index contributed by atoms with van der Waals surface area (Å²) in [6, 6.07) is 16.2. The van der Waals surface area contributed by atoms with Crippen molar-refractivity contribution in [2.75, 3.05) is 5.32 Å². The third-order valence-electron chi connectivity index (χ3n) is 3.77. The smallest absolute Gasteiger partial charge is 0.251 e. The molecule has 7 nitrogen and oxygen atoms in total. The van der Waals surface area contributed by atoms with E-state index in [2.05, 4.69) is 20.8 Å². The minimum Gasteiger partial charge on any atom is -0.419 e. The van der Waals surface area contributed by atoms with Crippen LogP contribution in [0.5, 0.6) is 0 Å². The molecular weight excluding hydrogens is 344 g/mol. The predicted molar refractivity (Wildman–Crippen MR) is 101 cm³/mol. The SMILES string of the molecule is CCCC(=O)Nc1cccc(C(=O)NCc2nnc(-c3ccccc3)o2)c1. The Morgan fingerprint density at radius 2 is 1.85 bits per heavy atom. The molecule has 27 heavy (non-hydrogen) atoms. The van der Waals surface area contributed by atoms with Crippen molar-refractivity contribution in [3.63, 3.8) is 0 Å². The summed E-state index contributed by atoms with van der Waals surface area (Å²) in [4.78, 5) is 24.0. The summed E-state index contributed by atoms with van der Waals surface area (Å²) >= 11 is 0. The average molecular weight is 364 g/mol. The normalized spacial score (nSPS) is 10.4. The number of amides is 2. The second-order valence-electron chi connectivity index (χ2n) is 5.93. The fourth-order valence-corrected chi connectivity index (χ4v) is 2.47. The Balaban J connectivity index is 1.60. The van der Waals surface area contributed by atoms with Crippen LogP contribution in [-0.2, 0) is 11.3 Å². The van der Waals surface area contributed by atoms with E-state index < -0.39 is 0 Å². The van der Waals surface area contributed by atoms with Crippen LogP contribution in [0.2, 0.25) is 0 Å². The van der Waals surface area contributed by atoms with Gasteiger partial charge in [-0.15, -0.1) is 10.2 Å². The maximum atomic E-state index is 12.3. The Kier molecular flexibility index (Phi) is 5.94. The predicted octanol–water partition coefficient (Wildman–Crippen LogP) is 3.41. The highest BCUT2D eigenvalue weighted by molar-refractivity contribution is 5.97. The summed E-state index contributed by atoms with van der Waals surface area (Å²) < 4.78 is 5.57. The molecule has 2 amide bonds. The van der Waals surface area contributed by atoms with Crippen LogP contribution in [0.15, 0.2) is 59.0 Å². The molecule has 2 aromatic carbocycles. The standard InChI is InChI=1S/C20H20N4O3/c1-2-7-17(25)22-16-11-6-10-15(12-16)19(26)21-13-18-23-24-20(27-18)14-8-4-3-5-9-14/h3-6,8-12H,2,7,13H2,1H3,(H,21,26)(H,22,25). The lowest BCUT2D eigenvalue weighted by molar-refractivity contribution is -0.116. The van der Waals surface area contributed by atoms with E-state index in [1.165, 1.54) is 0 Å². The van der Waals surface area contributed by atoms with Crippen molar-refractivity contribution in [1.29, 1.82) is 0 Å². The number of benzene rings is 2. The molecule has 0 spiro atoms. The van der Waals surface area contributed by atoms with Gasteiger partial charge in [-0.3, -0.25) is 9.59 Å². The van der Waals surface area contributed by atoms with Crippen LogP contribution in [0, 0.1) is 0 Å². The number of nitrogens with zero attached hydrogens (tertiary/aromatic N) is 2. The largest absolute Gasteiger partial charge is 0.419 e. The summed E-state index contributed by atoms with van der Waals surface area (Å²) in [5.74, 6) is 0.352. The Bertz CT molecular complexity index is 922. The maximum absolute atomic E-state index is 12.3. The number of carbonyl (C=O) groups excluding carboxylic acids is 2. The van der Waals surface area contributed by atoms with Crippen molar-refractivity contribution >= 4 is 17.5 Å². The molecule has 0 saturated carbocycles. The number of anilines is 1. The van der Waals surface area contributed by atoms with Crippen molar-refractivity contribution in [2.24, 2.45) is 0 Å². The zero-order valence-electron chi connectivity index (χ0n) is 14.9. The van der Waals surface area contributed by atoms with Gasteiger partial charge in [-0.1, -0.05) is 31.2 Å². The fourth-order valence-electron chi connectivity index (χ4n) is 2.47. The molecule has 3 rings (SSSR count). The van der Waals surface area contributed by atoms with Crippen LogP contribution >= 0.6 is 0 Å². The van der Waals surface area contributed by atoms with Crippen molar-refractivity contribution in [1.82, 2.24) is 15.5 Å². The second-order valence-corrected chi connectivity index (χ2v) is 5.93. The molecule has 0 fully saturated rings. The fraction of sp³-hybridized carbons (Fsp3) is 0.200. The van der Waals surface area contributed by atoms with E-state index in [1.807, 2.05) is 37.3 Å². The van der Waals surface area contributed by atoms with Crippen LogP contribution in [0.25, 0.3) is 11.5 Å². The molecule has 1 heterocycles. The molecule has 0 bridgehead atoms. The lowest BCUT2D eigenvalue weighted by Crippen LogP contribution is -2.23. The number of hydrogen-bond acceptors (Lipinski definition) is 5. The third-order valence-corrected chi connectivity index (χ3v) is 3.77. The van der Waals surface area contributed by atoms with Gasteiger partial charge in [-0.25, -0.2) is 0 Å². The van der Waals surface area contributed by atoms with E-state index in [0.717, 1.165) is 12.0 Å². The Morgan fingerprint density at radius 1 is 1.04 bits per heavy atom. The van der Waals surface area contributed by atoms with E-state index in [-0.39, 0.29) is 18.4 Å². The van der Waals surface area contributed by atoms with Crippen molar-refractivity contribution in [2.45, 2.75) is 26.3 Å². The number of aromatic nitrogens is 2. The summed E-state index contributed by atoms with van der Waals surface area (Å²) in [7, 11) is 0. The molecule has 1 aromatic heterocycles. The molecule has 0 aliphatic carbocycles. The number of nitrogens with one attached hydrogen (secondary N) is 2. The van der Waals surface area contributed by atoms with Crippen LogP contribution in [0.3, 0.4) is 0 Å².